The second kappa shape index (κ2) is 7.18. The molecule has 2 N–H and O–H groups in total. The molecule has 0 unspecified atom stereocenters. The van der Waals surface area contributed by atoms with E-state index in [1.165, 1.54) is 9.42 Å². The van der Waals surface area contributed by atoms with Gasteiger partial charge in [-0.15, -0.1) is 5.10 Å². The molecular formula is C21H22N5O2+. The SMILES string of the molecule is O=c1c2ccccc2nc2c3ccccc3c(NCC[NH+]3CCOCC3)nn12. The van der Waals surface area contributed by atoms with Crippen molar-refractivity contribution in [3.8, 4) is 0 Å². The molecule has 0 atom stereocenters. The zero-order valence-corrected chi connectivity index (χ0v) is 15.5. The van der Waals surface area contributed by atoms with Crippen LogP contribution in [-0.2, 0) is 4.74 Å². The summed E-state index contributed by atoms with van der Waals surface area (Å²) in [4.78, 5) is 19.3. The first kappa shape index (κ1) is 17.1. The number of para-hydroxylation sites is 1. The lowest BCUT2D eigenvalue weighted by atomic mass is 10.1. The van der Waals surface area contributed by atoms with Crippen LogP contribution in [0.15, 0.2) is 53.3 Å². The van der Waals surface area contributed by atoms with Gasteiger partial charge in [-0.05, 0) is 12.1 Å². The molecule has 0 aliphatic carbocycles. The molecule has 0 radical (unpaired) electrons. The largest absolute Gasteiger partial charge is 0.370 e. The monoisotopic (exact) mass is 376 g/mol. The standard InChI is InChI=1S/C21H21N5O2/c27-21-17-7-3-4-8-18(17)23-20-16-6-2-1-5-15(16)19(24-26(20)21)22-9-10-25-11-13-28-14-12-25/h1-8H,9-14H2,(H,22,24)/p+1. The van der Waals surface area contributed by atoms with E-state index in [-0.39, 0.29) is 5.56 Å². The van der Waals surface area contributed by atoms with E-state index in [9.17, 15) is 4.79 Å². The van der Waals surface area contributed by atoms with Crippen molar-refractivity contribution in [3.05, 3.63) is 58.9 Å². The molecular weight excluding hydrogens is 354 g/mol. The van der Waals surface area contributed by atoms with Crippen molar-refractivity contribution in [2.45, 2.75) is 0 Å². The maximum atomic E-state index is 13.0. The molecule has 3 heterocycles. The number of morpholine rings is 1. The molecule has 0 saturated carbocycles. The lowest BCUT2D eigenvalue weighted by Gasteiger charge is -2.23. The number of rotatable bonds is 4. The molecule has 1 aliphatic heterocycles. The van der Waals surface area contributed by atoms with E-state index in [0.29, 0.717) is 16.6 Å². The van der Waals surface area contributed by atoms with Crippen molar-refractivity contribution in [1.82, 2.24) is 14.6 Å². The second-order valence-electron chi connectivity index (χ2n) is 7.10. The normalized spacial score (nSPS) is 15.4. The number of fused-ring (bicyclic) bond motifs is 4. The Labute approximate surface area is 161 Å². The van der Waals surface area contributed by atoms with Gasteiger partial charge in [-0.2, -0.15) is 4.52 Å². The Balaban J connectivity index is 1.58. The number of nitrogens with one attached hydrogen (secondary N) is 2. The minimum atomic E-state index is -0.145. The summed E-state index contributed by atoms with van der Waals surface area (Å²) in [5.41, 5.74) is 1.13. The van der Waals surface area contributed by atoms with Crippen molar-refractivity contribution < 1.29 is 9.64 Å². The van der Waals surface area contributed by atoms with Crippen LogP contribution in [0.4, 0.5) is 5.82 Å². The molecule has 2 aromatic carbocycles. The van der Waals surface area contributed by atoms with Gasteiger partial charge in [0.25, 0.3) is 5.56 Å². The molecule has 2 aromatic heterocycles. The molecule has 0 amide bonds. The molecule has 1 aliphatic rings. The van der Waals surface area contributed by atoms with Gasteiger partial charge in [0.15, 0.2) is 11.5 Å². The van der Waals surface area contributed by atoms with E-state index in [1.54, 1.807) is 6.07 Å². The fourth-order valence-corrected chi connectivity index (χ4v) is 3.83. The van der Waals surface area contributed by atoms with E-state index in [0.717, 1.165) is 56.0 Å². The molecule has 5 rings (SSSR count). The highest BCUT2D eigenvalue weighted by Gasteiger charge is 2.15. The van der Waals surface area contributed by atoms with Crippen LogP contribution in [0.1, 0.15) is 0 Å². The summed E-state index contributed by atoms with van der Waals surface area (Å²) >= 11 is 0. The van der Waals surface area contributed by atoms with Crippen molar-refractivity contribution in [3.63, 3.8) is 0 Å². The van der Waals surface area contributed by atoms with Crippen LogP contribution in [0.5, 0.6) is 0 Å². The zero-order chi connectivity index (χ0) is 18.9. The summed E-state index contributed by atoms with van der Waals surface area (Å²) in [5.74, 6) is 0.718. The third-order valence-corrected chi connectivity index (χ3v) is 5.35. The van der Waals surface area contributed by atoms with Gasteiger partial charge in [-0.1, -0.05) is 36.4 Å². The average Bonchev–Trinajstić information content (AvgIpc) is 2.75. The Morgan fingerprint density at radius 3 is 2.54 bits per heavy atom. The summed E-state index contributed by atoms with van der Waals surface area (Å²) in [6.45, 7) is 5.48. The summed E-state index contributed by atoms with van der Waals surface area (Å²) in [5, 5.41) is 10.5. The minimum Gasteiger partial charge on any atom is -0.370 e. The molecule has 7 heteroatoms. The fourth-order valence-electron chi connectivity index (χ4n) is 3.83. The first-order chi connectivity index (χ1) is 13.8. The van der Waals surface area contributed by atoms with Gasteiger partial charge in [-0.3, -0.25) is 4.79 Å². The number of hydrogen-bond donors (Lipinski definition) is 2. The molecule has 7 nitrogen and oxygen atoms in total. The summed E-state index contributed by atoms with van der Waals surface area (Å²) in [6, 6.07) is 15.4. The van der Waals surface area contributed by atoms with Gasteiger partial charge in [0, 0.05) is 10.8 Å². The van der Waals surface area contributed by atoms with Gasteiger partial charge < -0.3 is 15.0 Å². The Hall–Kier alpha value is -3.03. The number of nitrogens with zero attached hydrogens (tertiary/aromatic N) is 3. The Morgan fingerprint density at radius 1 is 1.00 bits per heavy atom. The second-order valence-corrected chi connectivity index (χ2v) is 7.10. The first-order valence-electron chi connectivity index (χ1n) is 9.67. The molecule has 0 spiro atoms. The smallest absolute Gasteiger partial charge is 0.282 e. The highest BCUT2D eigenvalue weighted by molar-refractivity contribution is 6.01. The van der Waals surface area contributed by atoms with Crippen molar-refractivity contribution in [2.24, 2.45) is 0 Å². The van der Waals surface area contributed by atoms with Gasteiger partial charge >= 0.3 is 0 Å². The highest BCUT2D eigenvalue weighted by atomic mass is 16.5. The third kappa shape index (κ3) is 2.98. The van der Waals surface area contributed by atoms with Crippen LogP contribution in [0, 0.1) is 0 Å². The molecule has 1 fully saturated rings. The van der Waals surface area contributed by atoms with Crippen LogP contribution in [0.2, 0.25) is 0 Å². The fraction of sp³-hybridized carbons (Fsp3) is 0.286. The lowest BCUT2D eigenvalue weighted by molar-refractivity contribution is -0.906. The predicted octanol–water partition coefficient (Wildman–Crippen LogP) is 0.723. The van der Waals surface area contributed by atoms with E-state index in [4.69, 9.17) is 9.72 Å². The molecule has 1 saturated heterocycles. The predicted molar refractivity (Wildman–Crippen MR) is 109 cm³/mol. The van der Waals surface area contributed by atoms with E-state index < -0.39 is 0 Å². The highest BCUT2D eigenvalue weighted by Crippen LogP contribution is 2.24. The first-order valence-corrected chi connectivity index (χ1v) is 9.67. The van der Waals surface area contributed by atoms with Crippen LogP contribution >= 0.6 is 0 Å². The van der Waals surface area contributed by atoms with Crippen LogP contribution in [0.25, 0.3) is 27.3 Å². The maximum absolute atomic E-state index is 13.0. The van der Waals surface area contributed by atoms with Gasteiger partial charge in [-0.25, -0.2) is 4.98 Å². The van der Waals surface area contributed by atoms with Gasteiger partial charge in [0.1, 0.15) is 13.1 Å². The minimum absolute atomic E-state index is 0.145. The molecule has 4 aromatic rings. The number of aromatic nitrogens is 3. The molecule has 28 heavy (non-hydrogen) atoms. The number of benzene rings is 2. The van der Waals surface area contributed by atoms with E-state index in [2.05, 4.69) is 10.4 Å². The number of ether oxygens (including phenoxy) is 1. The van der Waals surface area contributed by atoms with E-state index in [1.807, 2.05) is 42.5 Å². The van der Waals surface area contributed by atoms with Crippen molar-refractivity contribution in [2.75, 3.05) is 44.7 Å². The lowest BCUT2D eigenvalue weighted by Crippen LogP contribution is -3.14. The number of hydrogen-bond acceptors (Lipinski definition) is 5. The van der Waals surface area contributed by atoms with Gasteiger partial charge in [0.2, 0.25) is 0 Å². The Bertz CT molecular complexity index is 1210. The summed E-state index contributed by atoms with van der Waals surface area (Å²) < 4.78 is 6.85. The third-order valence-electron chi connectivity index (χ3n) is 5.35. The maximum Gasteiger partial charge on any atom is 0.282 e. The quantitative estimate of drug-likeness (QED) is 0.406. The summed E-state index contributed by atoms with van der Waals surface area (Å²) in [7, 11) is 0. The van der Waals surface area contributed by atoms with E-state index >= 15 is 0 Å². The van der Waals surface area contributed by atoms with Crippen LogP contribution < -0.4 is 15.8 Å². The molecule has 0 bridgehead atoms. The number of anilines is 1. The van der Waals surface area contributed by atoms with Gasteiger partial charge in [0.05, 0.1) is 37.2 Å². The Morgan fingerprint density at radius 2 is 1.71 bits per heavy atom. The Kier molecular flexibility index (Phi) is 4.38. The van der Waals surface area contributed by atoms with Crippen LogP contribution in [0.3, 0.4) is 0 Å². The average molecular weight is 376 g/mol. The van der Waals surface area contributed by atoms with Crippen LogP contribution in [-0.4, -0.2) is 54.0 Å². The zero-order valence-electron chi connectivity index (χ0n) is 15.5. The van der Waals surface area contributed by atoms with Crippen molar-refractivity contribution in [1.29, 1.82) is 0 Å². The topological polar surface area (TPSA) is 73.0 Å². The summed E-state index contributed by atoms with van der Waals surface area (Å²) in [6.07, 6.45) is 0. The number of quaternary nitrogens is 1. The van der Waals surface area contributed by atoms with Crippen molar-refractivity contribution >= 4 is 33.1 Å². The molecule has 142 valence electrons.